The van der Waals surface area contributed by atoms with Gasteiger partial charge in [0.15, 0.2) is 0 Å². The second kappa shape index (κ2) is 7.83. The zero-order chi connectivity index (χ0) is 22.5. The molecule has 1 saturated heterocycles. The molecule has 1 atom stereocenters. The highest BCUT2D eigenvalue weighted by molar-refractivity contribution is 8.02. The predicted molar refractivity (Wildman–Crippen MR) is 124 cm³/mol. The third-order valence-electron chi connectivity index (χ3n) is 5.74. The highest BCUT2D eigenvalue weighted by Gasteiger charge is 2.61. The lowest BCUT2D eigenvalue weighted by Gasteiger charge is -2.33. The predicted octanol–water partition coefficient (Wildman–Crippen LogP) is 4.97. The van der Waals surface area contributed by atoms with E-state index in [0.29, 0.717) is 33.3 Å². The summed E-state index contributed by atoms with van der Waals surface area (Å²) in [6.07, 6.45) is 0. The van der Waals surface area contributed by atoms with Crippen LogP contribution in [0.25, 0.3) is 0 Å². The molecule has 8 heteroatoms. The molecule has 0 radical (unpaired) electrons. The van der Waals surface area contributed by atoms with Crippen LogP contribution in [0.15, 0.2) is 66.7 Å². The monoisotopic (exact) mass is 468 g/mol. The number of amides is 2. The minimum Gasteiger partial charge on any atom is -0.495 e. The first-order valence-corrected chi connectivity index (χ1v) is 11.3. The smallest absolute Gasteiger partial charge is 0.269 e. The van der Waals surface area contributed by atoms with Crippen molar-refractivity contribution in [2.75, 3.05) is 22.7 Å². The number of methoxy groups -OCH3 is 1. The summed E-state index contributed by atoms with van der Waals surface area (Å²) in [4.78, 5) is 28.8. The van der Waals surface area contributed by atoms with Gasteiger partial charge in [-0.3, -0.25) is 14.5 Å². The summed E-state index contributed by atoms with van der Waals surface area (Å²) in [5.41, 5.74) is 2.26. The number of anilines is 2. The SMILES string of the molecule is COc1ccc(N2C(=O)CS[C@]23C(=O)N(Cc2ccccc2F)c2ccccc23)cc1Cl. The van der Waals surface area contributed by atoms with Gasteiger partial charge in [-0.15, -0.1) is 11.8 Å². The van der Waals surface area contributed by atoms with Crippen LogP contribution in [0, 0.1) is 5.82 Å². The van der Waals surface area contributed by atoms with Crippen molar-refractivity contribution in [3.63, 3.8) is 0 Å². The first-order chi connectivity index (χ1) is 15.5. The Morgan fingerprint density at radius 3 is 2.59 bits per heavy atom. The minimum atomic E-state index is -1.28. The van der Waals surface area contributed by atoms with Crippen LogP contribution in [0.2, 0.25) is 5.02 Å². The maximum absolute atomic E-state index is 14.4. The maximum Gasteiger partial charge on any atom is 0.269 e. The number of fused-ring (bicyclic) bond motifs is 2. The van der Waals surface area contributed by atoms with E-state index in [0.717, 1.165) is 0 Å². The van der Waals surface area contributed by atoms with Gasteiger partial charge in [0.05, 0.1) is 30.1 Å². The molecule has 1 fully saturated rings. The van der Waals surface area contributed by atoms with E-state index in [1.54, 1.807) is 41.3 Å². The van der Waals surface area contributed by atoms with E-state index < -0.39 is 4.87 Å². The molecule has 2 aliphatic rings. The molecule has 3 aromatic rings. The van der Waals surface area contributed by atoms with E-state index in [2.05, 4.69) is 0 Å². The van der Waals surface area contributed by atoms with Crippen molar-refractivity contribution in [1.82, 2.24) is 0 Å². The summed E-state index contributed by atoms with van der Waals surface area (Å²) in [7, 11) is 1.51. The molecule has 162 valence electrons. The van der Waals surface area contributed by atoms with Crippen LogP contribution in [0.1, 0.15) is 11.1 Å². The third-order valence-corrected chi connectivity index (χ3v) is 7.43. The molecule has 0 bridgehead atoms. The van der Waals surface area contributed by atoms with Crippen LogP contribution in [0.3, 0.4) is 0 Å². The summed E-state index contributed by atoms with van der Waals surface area (Å²) in [5.74, 6) is -0.260. The van der Waals surface area contributed by atoms with Crippen LogP contribution in [-0.2, 0) is 21.0 Å². The molecular weight excluding hydrogens is 451 g/mol. The van der Waals surface area contributed by atoms with Gasteiger partial charge >= 0.3 is 0 Å². The number of hydrogen-bond donors (Lipinski definition) is 0. The lowest BCUT2D eigenvalue weighted by atomic mass is 10.0. The second-order valence-electron chi connectivity index (χ2n) is 7.48. The zero-order valence-electron chi connectivity index (χ0n) is 17.0. The van der Waals surface area contributed by atoms with Crippen molar-refractivity contribution in [3.8, 4) is 5.75 Å². The van der Waals surface area contributed by atoms with E-state index in [4.69, 9.17) is 16.3 Å². The largest absolute Gasteiger partial charge is 0.495 e. The molecule has 0 N–H and O–H groups in total. The lowest BCUT2D eigenvalue weighted by molar-refractivity contribution is -0.123. The number of thioether (sulfide) groups is 1. The van der Waals surface area contributed by atoms with Crippen molar-refractivity contribution >= 4 is 46.6 Å². The summed E-state index contributed by atoms with van der Waals surface area (Å²) >= 11 is 7.60. The molecule has 2 aliphatic heterocycles. The number of halogens is 2. The van der Waals surface area contributed by atoms with E-state index in [1.807, 2.05) is 24.3 Å². The summed E-state index contributed by atoms with van der Waals surface area (Å²) < 4.78 is 19.6. The molecule has 5 rings (SSSR count). The van der Waals surface area contributed by atoms with Gasteiger partial charge in [-0.05, 0) is 30.3 Å². The first-order valence-electron chi connectivity index (χ1n) is 9.93. The van der Waals surface area contributed by atoms with Gasteiger partial charge in [-0.25, -0.2) is 4.39 Å². The van der Waals surface area contributed by atoms with Gasteiger partial charge in [0, 0.05) is 16.8 Å². The standard InChI is InChI=1S/C24H18ClFN2O3S/c1-31-21-11-10-16(12-18(21)25)28-22(29)14-32-24(28)17-7-3-5-9-20(17)27(23(24)30)13-15-6-2-4-8-19(15)26/h2-12H,13-14H2,1H3/t24-/m1/s1. The molecule has 0 aliphatic carbocycles. The molecular formula is C24H18ClFN2O3S. The number of hydrogen-bond acceptors (Lipinski definition) is 4. The second-order valence-corrected chi connectivity index (χ2v) is 9.06. The number of carbonyl (C=O) groups excluding carboxylic acids is 2. The Balaban J connectivity index is 1.64. The number of nitrogens with zero attached hydrogens (tertiary/aromatic N) is 2. The molecule has 2 amide bonds. The van der Waals surface area contributed by atoms with Crippen LogP contribution >= 0.6 is 23.4 Å². The number of para-hydroxylation sites is 1. The Kier molecular flexibility index (Phi) is 5.10. The number of ether oxygens (including phenoxy) is 1. The van der Waals surface area contributed by atoms with Crippen molar-refractivity contribution < 1.29 is 18.7 Å². The first kappa shape index (κ1) is 20.8. The Labute approximate surface area is 193 Å². The number of carbonyl (C=O) groups is 2. The maximum atomic E-state index is 14.4. The van der Waals surface area contributed by atoms with Crippen LogP contribution in [0.4, 0.5) is 15.8 Å². The van der Waals surface area contributed by atoms with Gasteiger partial charge in [-0.1, -0.05) is 48.0 Å². The Bertz CT molecular complexity index is 1250. The van der Waals surface area contributed by atoms with Crippen molar-refractivity contribution in [2.24, 2.45) is 0 Å². The number of benzene rings is 3. The van der Waals surface area contributed by atoms with Gasteiger partial charge in [0.25, 0.3) is 5.91 Å². The fourth-order valence-corrected chi connectivity index (χ4v) is 5.92. The topological polar surface area (TPSA) is 49.9 Å². The average Bonchev–Trinajstić information content (AvgIpc) is 3.26. The average molecular weight is 469 g/mol. The van der Waals surface area contributed by atoms with Gasteiger partial charge in [0.2, 0.25) is 10.8 Å². The molecule has 3 aromatic carbocycles. The Morgan fingerprint density at radius 1 is 1.09 bits per heavy atom. The Hall–Kier alpha value is -3.03. The molecule has 0 aromatic heterocycles. The summed E-state index contributed by atoms with van der Waals surface area (Å²) in [6, 6.07) is 18.7. The molecule has 0 unspecified atom stereocenters. The van der Waals surface area contributed by atoms with Gasteiger partial charge < -0.3 is 9.64 Å². The molecule has 5 nitrogen and oxygen atoms in total. The highest BCUT2D eigenvalue weighted by atomic mass is 35.5. The van der Waals surface area contributed by atoms with Crippen molar-refractivity contribution in [3.05, 3.63) is 88.7 Å². The van der Waals surface area contributed by atoms with Gasteiger partial charge in [0.1, 0.15) is 11.6 Å². The van der Waals surface area contributed by atoms with Crippen molar-refractivity contribution in [2.45, 2.75) is 11.4 Å². The highest BCUT2D eigenvalue weighted by Crippen LogP contribution is 2.56. The summed E-state index contributed by atoms with van der Waals surface area (Å²) in [6.45, 7) is 0.0657. The van der Waals surface area contributed by atoms with E-state index in [9.17, 15) is 14.0 Å². The fourth-order valence-electron chi connectivity index (χ4n) is 4.30. The zero-order valence-corrected chi connectivity index (χ0v) is 18.6. The number of rotatable bonds is 4. The molecule has 0 saturated carbocycles. The van der Waals surface area contributed by atoms with E-state index >= 15 is 0 Å². The lowest BCUT2D eigenvalue weighted by Crippen LogP contribution is -2.49. The third kappa shape index (κ3) is 2.99. The normalized spacial score (nSPS) is 19.7. The minimum absolute atomic E-state index is 0.0657. The summed E-state index contributed by atoms with van der Waals surface area (Å²) in [5, 5.41) is 0.340. The van der Waals surface area contributed by atoms with Crippen LogP contribution in [0.5, 0.6) is 5.75 Å². The molecule has 1 spiro atoms. The van der Waals surface area contributed by atoms with Crippen molar-refractivity contribution in [1.29, 1.82) is 0 Å². The molecule has 2 heterocycles. The quantitative estimate of drug-likeness (QED) is 0.542. The van der Waals surface area contributed by atoms with Gasteiger partial charge in [-0.2, -0.15) is 0 Å². The van der Waals surface area contributed by atoms with E-state index in [-0.39, 0.29) is 29.9 Å². The fraction of sp³-hybridized carbons (Fsp3) is 0.167. The Morgan fingerprint density at radius 2 is 1.84 bits per heavy atom. The van der Waals surface area contributed by atoms with Crippen LogP contribution < -0.4 is 14.5 Å². The van der Waals surface area contributed by atoms with Crippen LogP contribution in [-0.4, -0.2) is 24.7 Å². The molecule has 32 heavy (non-hydrogen) atoms. The van der Waals surface area contributed by atoms with E-state index in [1.165, 1.54) is 29.8 Å².